The van der Waals surface area contributed by atoms with E-state index in [1.165, 1.54) is 0 Å². The number of carbonyl (C=O) groups is 2. The summed E-state index contributed by atoms with van der Waals surface area (Å²) in [7, 11) is 0. The molecule has 0 bridgehead atoms. The minimum Gasteiger partial charge on any atom is -0.463 e. The van der Waals surface area contributed by atoms with Gasteiger partial charge in [0.15, 0.2) is 0 Å². The third-order valence-corrected chi connectivity index (χ3v) is 1.83. The van der Waals surface area contributed by atoms with Gasteiger partial charge in [0.05, 0.1) is 19.1 Å². The summed E-state index contributed by atoms with van der Waals surface area (Å²) >= 11 is 0. The average Bonchev–Trinajstić information content (AvgIpc) is 2.26. The van der Waals surface area contributed by atoms with E-state index in [0.717, 1.165) is 0 Å². The maximum absolute atomic E-state index is 11.2. The van der Waals surface area contributed by atoms with Crippen LogP contribution in [0, 0.1) is 0 Å². The van der Waals surface area contributed by atoms with E-state index in [1.54, 1.807) is 13.8 Å². The minimum atomic E-state index is -0.667. The Balaban J connectivity index is 3.87. The number of hydrogen-bond donors (Lipinski definition) is 1. The van der Waals surface area contributed by atoms with E-state index in [9.17, 15) is 9.59 Å². The highest BCUT2D eigenvalue weighted by Gasteiger charge is 2.14. The van der Waals surface area contributed by atoms with Gasteiger partial charge in [-0.25, -0.2) is 4.79 Å². The van der Waals surface area contributed by atoms with Gasteiger partial charge in [0.2, 0.25) is 0 Å². The molecule has 0 aromatic heterocycles. The lowest BCUT2D eigenvalue weighted by Crippen LogP contribution is -2.19. The third-order valence-electron chi connectivity index (χ3n) is 1.83. The summed E-state index contributed by atoms with van der Waals surface area (Å²) in [4.78, 5) is 22.3. The molecule has 0 aliphatic heterocycles. The highest BCUT2D eigenvalue weighted by Crippen LogP contribution is 2.03. The lowest BCUT2D eigenvalue weighted by atomic mass is 10.2. The van der Waals surface area contributed by atoms with Crippen LogP contribution in [0.3, 0.4) is 0 Å². The number of ether oxygens (including phenoxy) is 2. The van der Waals surface area contributed by atoms with Crippen molar-refractivity contribution in [3.63, 3.8) is 0 Å². The van der Waals surface area contributed by atoms with Crippen molar-refractivity contribution >= 4 is 11.9 Å². The Hall–Kier alpha value is -1.36. The number of aliphatic hydroxyl groups is 1. The second-order valence-corrected chi connectivity index (χ2v) is 3.25. The fraction of sp³-hybridized carbons (Fsp3) is 0.636. The molecular weight excluding hydrogens is 212 g/mol. The number of aliphatic hydroxyl groups excluding tert-OH is 1. The molecule has 0 rings (SSSR count). The predicted octanol–water partition coefficient (Wildman–Crippen LogP) is 0.810. The van der Waals surface area contributed by atoms with E-state index in [-0.39, 0.29) is 25.2 Å². The van der Waals surface area contributed by atoms with Crippen LogP contribution in [0.1, 0.15) is 26.7 Å². The van der Waals surface area contributed by atoms with Gasteiger partial charge in [-0.1, -0.05) is 13.5 Å². The zero-order valence-corrected chi connectivity index (χ0v) is 9.69. The number of esters is 2. The van der Waals surface area contributed by atoms with Crippen molar-refractivity contribution in [3.8, 4) is 0 Å². The van der Waals surface area contributed by atoms with E-state index >= 15 is 0 Å². The summed E-state index contributed by atoms with van der Waals surface area (Å²) < 4.78 is 9.39. The van der Waals surface area contributed by atoms with Crippen LogP contribution in [0.15, 0.2) is 12.2 Å². The van der Waals surface area contributed by atoms with Gasteiger partial charge in [0, 0.05) is 5.57 Å². The van der Waals surface area contributed by atoms with Crippen LogP contribution in [-0.4, -0.2) is 36.4 Å². The maximum Gasteiger partial charge on any atom is 0.333 e. The van der Waals surface area contributed by atoms with Crippen molar-refractivity contribution in [1.29, 1.82) is 0 Å². The lowest BCUT2D eigenvalue weighted by molar-refractivity contribution is -0.148. The van der Waals surface area contributed by atoms with E-state index in [1.807, 2.05) is 0 Å². The van der Waals surface area contributed by atoms with Crippen LogP contribution in [0.25, 0.3) is 0 Å². The van der Waals surface area contributed by atoms with Crippen molar-refractivity contribution < 1.29 is 24.2 Å². The van der Waals surface area contributed by atoms with Gasteiger partial charge in [-0.3, -0.25) is 4.79 Å². The molecule has 0 aromatic rings. The number of rotatable bonds is 7. The Labute approximate surface area is 95.0 Å². The molecular formula is C11H18O5. The Bertz CT molecular complexity index is 259. The first kappa shape index (κ1) is 14.6. The smallest absolute Gasteiger partial charge is 0.333 e. The maximum atomic E-state index is 11.2. The molecule has 0 fully saturated rings. The minimum absolute atomic E-state index is 0.0536. The zero-order valence-electron chi connectivity index (χ0n) is 9.69. The monoisotopic (exact) mass is 230 g/mol. The van der Waals surface area contributed by atoms with Crippen LogP contribution >= 0.6 is 0 Å². The van der Waals surface area contributed by atoms with E-state index in [2.05, 4.69) is 11.3 Å². The topological polar surface area (TPSA) is 72.8 Å². The fourth-order valence-electron chi connectivity index (χ4n) is 0.838. The Morgan fingerprint density at radius 3 is 2.44 bits per heavy atom. The molecule has 0 heterocycles. The van der Waals surface area contributed by atoms with E-state index < -0.39 is 18.0 Å². The van der Waals surface area contributed by atoms with Gasteiger partial charge in [0.1, 0.15) is 6.61 Å². The Morgan fingerprint density at radius 1 is 1.31 bits per heavy atom. The quantitative estimate of drug-likeness (QED) is 0.517. The molecule has 0 spiro atoms. The second kappa shape index (κ2) is 7.87. The molecule has 0 aromatic carbocycles. The Morgan fingerprint density at radius 2 is 1.94 bits per heavy atom. The molecule has 1 atom stereocenters. The zero-order chi connectivity index (χ0) is 12.6. The lowest BCUT2D eigenvalue weighted by Gasteiger charge is -2.09. The molecule has 5 heteroatoms. The van der Waals surface area contributed by atoms with Crippen molar-refractivity contribution in [2.24, 2.45) is 0 Å². The highest BCUT2D eigenvalue weighted by molar-refractivity contribution is 5.93. The third kappa shape index (κ3) is 6.19. The molecule has 0 aliphatic rings. The van der Waals surface area contributed by atoms with Crippen LogP contribution in [0.2, 0.25) is 0 Å². The molecule has 92 valence electrons. The highest BCUT2D eigenvalue weighted by atomic mass is 16.5. The SMILES string of the molecule is C=C(CC(=O)OCC(O)CC)C(=O)OCC. The standard InChI is InChI=1S/C11H18O5/c1-4-9(12)7-16-10(13)6-8(3)11(14)15-5-2/h9,12H,3-7H2,1-2H3. The normalized spacial score (nSPS) is 11.7. The molecule has 0 radical (unpaired) electrons. The van der Waals surface area contributed by atoms with Gasteiger partial charge < -0.3 is 14.6 Å². The molecule has 0 saturated carbocycles. The summed E-state index contributed by atoms with van der Waals surface area (Å²) in [5.74, 6) is -1.19. The van der Waals surface area contributed by atoms with Crippen LogP contribution in [0.5, 0.6) is 0 Å². The fourth-order valence-corrected chi connectivity index (χ4v) is 0.838. The number of carbonyl (C=O) groups excluding carboxylic acids is 2. The molecule has 0 saturated heterocycles. The molecule has 1 N–H and O–H groups in total. The van der Waals surface area contributed by atoms with Gasteiger partial charge in [0.25, 0.3) is 0 Å². The first-order chi connectivity index (χ1) is 7.51. The Kier molecular flexibility index (Phi) is 7.20. The van der Waals surface area contributed by atoms with Gasteiger partial charge in [-0.2, -0.15) is 0 Å². The van der Waals surface area contributed by atoms with Crippen LogP contribution < -0.4 is 0 Å². The van der Waals surface area contributed by atoms with Crippen molar-refractivity contribution in [2.75, 3.05) is 13.2 Å². The first-order valence-electron chi connectivity index (χ1n) is 5.19. The van der Waals surface area contributed by atoms with Crippen molar-refractivity contribution in [2.45, 2.75) is 32.8 Å². The molecule has 16 heavy (non-hydrogen) atoms. The molecule has 0 aliphatic carbocycles. The molecule has 5 nitrogen and oxygen atoms in total. The summed E-state index contributed by atoms with van der Waals surface area (Å²) in [5, 5.41) is 9.14. The van der Waals surface area contributed by atoms with Crippen molar-refractivity contribution in [3.05, 3.63) is 12.2 Å². The van der Waals surface area contributed by atoms with E-state index in [0.29, 0.717) is 6.42 Å². The van der Waals surface area contributed by atoms with Crippen molar-refractivity contribution in [1.82, 2.24) is 0 Å². The number of hydrogen-bond acceptors (Lipinski definition) is 5. The predicted molar refractivity (Wildman–Crippen MR) is 57.6 cm³/mol. The second-order valence-electron chi connectivity index (χ2n) is 3.25. The van der Waals surface area contributed by atoms with Gasteiger partial charge in [-0.05, 0) is 13.3 Å². The molecule has 1 unspecified atom stereocenters. The van der Waals surface area contributed by atoms with Gasteiger partial charge in [-0.15, -0.1) is 0 Å². The summed E-state index contributed by atoms with van der Waals surface area (Å²) in [6.07, 6.45) is -0.374. The van der Waals surface area contributed by atoms with E-state index in [4.69, 9.17) is 9.84 Å². The first-order valence-corrected chi connectivity index (χ1v) is 5.19. The molecule has 0 amide bonds. The largest absolute Gasteiger partial charge is 0.463 e. The summed E-state index contributed by atoms with van der Waals surface area (Å²) in [5.41, 5.74) is 0.0536. The van der Waals surface area contributed by atoms with Gasteiger partial charge >= 0.3 is 11.9 Å². The van der Waals surface area contributed by atoms with Crippen LogP contribution in [-0.2, 0) is 19.1 Å². The average molecular weight is 230 g/mol. The summed E-state index contributed by atoms with van der Waals surface area (Å²) in [6.45, 7) is 7.04. The van der Waals surface area contributed by atoms with Crippen LogP contribution in [0.4, 0.5) is 0 Å². The summed E-state index contributed by atoms with van der Waals surface area (Å²) in [6, 6.07) is 0.